The van der Waals surface area contributed by atoms with Crippen LogP contribution >= 0.6 is 22.9 Å². The Labute approximate surface area is 132 Å². The summed E-state index contributed by atoms with van der Waals surface area (Å²) < 4.78 is 25.9. The van der Waals surface area contributed by atoms with Gasteiger partial charge in [-0.2, -0.15) is 0 Å². The molecule has 0 saturated carbocycles. The Kier molecular flexibility index (Phi) is 5.70. The van der Waals surface area contributed by atoms with Crippen LogP contribution in [0.5, 0.6) is 0 Å². The Hall–Kier alpha value is -1.01. The van der Waals surface area contributed by atoms with Crippen LogP contribution in [0.4, 0.5) is 8.78 Å². The lowest BCUT2D eigenvalue weighted by molar-refractivity contribution is 0.151. The Morgan fingerprint density at radius 2 is 1.76 bits per heavy atom. The number of nitrogens with zero attached hydrogens (tertiary/aromatic N) is 1. The molecule has 1 atom stereocenters. The maximum atomic E-state index is 12.6. The highest BCUT2D eigenvalue weighted by Crippen LogP contribution is 2.27. The van der Waals surface area contributed by atoms with Crippen LogP contribution < -0.4 is 5.73 Å². The lowest BCUT2D eigenvalue weighted by Gasteiger charge is -2.27. The third-order valence-corrected chi connectivity index (χ3v) is 4.58. The topological polar surface area (TPSA) is 29.3 Å². The molecule has 114 valence electrons. The van der Waals surface area contributed by atoms with E-state index in [0.717, 1.165) is 21.3 Å². The lowest BCUT2D eigenvalue weighted by Crippen LogP contribution is -2.29. The summed E-state index contributed by atoms with van der Waals surface area (Å²) in [6.07, 6.45) is -2.44. The van der Waals surface area contributed by atoms with Gasteiger partial charge in [0.1, 0.15) is 0 Å². The third kappa shape index (κ3) is 4.23. The van der Waals surface area contributed by atoms with Crippen molar-refractivity contribution < 1.29 is 8.78 Å². The minimum absolute atomic E-state index is 0.0161. The molecule has 1 aromatic heterocycles. The van der Waals surface area contributed by atoms with E-state index < -0.39 is 6.43 Å². The molecule has 1 heterocycles. The Bertz CT molecular complexity index is 571. The van der Waals surface area contributed by atoms with Crippen LogP contribution in [0.2, 0.25) is 4.34 Å². The van der Waals surface area contributed by atoms with Crippen molar-refractivity contribution >= 4 is 22.9 Å². The highest BCUT2D eigenvalue weighted by molar-refractivity contribution is 7.16. The van der Waals surface area contributed by atoms with Crippen LogP contribution in [0.15, 0.2) is 36.4 Å². The molecule has 0 fully saturated rings. The number of benzene rings is 1. The molecule has 0 amide bonds. The van der Waals surface area contributed by atoms with E-state index in [2.05, 4.69) is 4.90 Å². The number of likely N-dealkylation sites (N-methyl/N-ethyl adjacent to an activating group) is 1. The fourth-order valence-corrected chi connectivity index (χ4v) is 3.38. The minimum Gasteiger partial charge on any atom is -0.329 e. The number of nitrogens with two attached hydrogens (primary N) is 1. The van der Waals surface area contributed by atoms with Gasteiger partial charge in [-0.1, -0.05) is 35.9 Å². The summed E-state index contributed by atoms with van der Waals surface area (Å²) in [7, 11) is 1.96. The van der Waals surface area contributed by atoms with E-state index in [1.807, 2.05) is 19.2 Å². The summed E-state index contributed by atoms with van der Waals surface area (Å²) in [6.45, 7) is 1.14. The van der Waals surface area contributed by atoms with Crippen LogP contribution in [0.25, 0.3) is 0 Å². The second-order valence-corrected chi connectivity index (χ2v) is 6.64. The summed E-state index contributed by atoms with van der Waals surface area (Å²) in [5, 5.41) is 0. The zero-order chi connectivity index (χ0) is 15.4. The molecule has 2 rings (SSSR count). The molecular weight excluding hydrogens is 314 g/mol. The van der Waals surface area contributed by atoms with Gasteiger partial charge in [-0.05, 0) is 24.7 Å². The fourth-order valence-electron chi connectivity index (χ4n) is 2.23. The van der Waals surface area contributed by atoms with Crippen molar-refractivity contribution in [2.75, 3.05) is 13.6 Å². The van der Waals surface area contributed by atoms with Gasteiger partial charge in [-0.3, -0.25) is 4.90 Å². The second kappa shape index (κ2) is 7.31. The fraction of sp³-hybridized carbons (Fsp3) is 0.333. The summed E-state index contributed by atoms with van der Waals surface area (Å²) >= 11 is 7.45. The molecule has 0 saturated heterocycles. The van der Waals surface area contributed by atoms with Gasteiger partial charge in [0.15, 0.2) is 0 Å². The van der Waals surface area contributed by atoms with E-state index in [0.29, 0.717) is 6.54 Å². The molecule has 0 spiro atoms. The number of hydrogen-bond acceptors (Lipinski definition) is 3. The predicted octanol–water partition coefficient (Wildman–Crippen LogP) is 4.47. The molecule has 0 aliphatic heterocycles. The monoisotopic (exact) mass is 330 g/mol. The molecule has 6 heteroatoms. The molecule has 2 aromatic rings. The van der Waals surface area contributed by atoms with Crippen LogP contribution in [0.3, 0.4) is 0 Å². The smallest absolute Gasteiger partial charge is 0.263 e. The maximum absolute atomic E-state index is 12.6. The first kappa shape index (κ1) is 16.4. The van der Waals surface area contributed by atoms with E-state index in [4.69, 9.17) is 17.3 Å². The number of hydrogen-bond donors (Lipinski definition) is 1. The lowest BCUT2D eigenvalue weighted by atomic mass is 10.0. The number of halogens is 3. The summed E-state index contributed by atoms with van der Waals surface area (Å²) in [5.41, 5.74) is 6.82. The standard InChI is InChI=1S/C15H17ClF2N2S/c1-20(9-12-6-7-14(16)21-12)13(8-19)10-2-4-11(5-3-10)15(17)18/h2-7,13,15H,8-9,19H2,1H3. The van der Waals surface area contributed by atoms with Crippen LogP contribution in [0, 0.1) is 0 Å². The Balaban J connectivity index is 2.10. The van der Waals surface area contributed by atoms with Crippen molar-refractivity contribution in [1.82, 2.24) is 4.90 Å². The van der Waals surface area contributed by atoms with Gasteiger partial charge < -0.3 is 5.73 Å². The predicted molar refractivity (Wildman–Crippen MR) is 84.0 cm³/mol. The van der Waals surface area contributed by atoms with Crippen molar-refractivity contribution in [3.8, 4) is 0 Å². The summed E-state index contributed by atoms with van der Waals surface area (Å²) in [6, 6.07) is 10.2. The third-order valence-electron chi connectivity index (χ3n) is 3.36. The van der Waals surface area contributed by atoms with Crippen LogP contribution in [0.1, 0.15) is 28.5 Å². The zero-order valence-electron chi connectivity index (χ0n) is 11.6. The molecule has 0 bridgehead atoms. The van der Waals surface area contributed by atoms with E-state index in [1.54, 1.807) is 12.1 Å². The van der Waals surface area contributed by atoms with Gasteiger partial charge in [-0.15, -0.1) is 11.3 Å². The highest BCUT2D eigenvalue weighted by atomic mass is 35.5. The number of rotatable bonds is 6. The zero-order valence-corrected chi connectivity index (χ0v) is 13.2. The van der Waals surface area contributed by atoms with Gasteiger partial charge in [0.25, 0.3) is 6.43 Å². The largest absolute Gasteiger partial charge is 0.329 e. The maximum Gasteiger partial charge on any atom is 0.263 e. The second-order valence-electron chi connectivity index (χ2n) is 4.84. The Morgan fingerprint density at radius 3 is 2.24 bits per heavy atom. The molecule has 2 N–H and O–H groups in total. The van der Waals surface area contributed by atoms with Gasteiger partial charge in [0, 0.05) is 29.6 Å². The summed E-state index contributed by atoms with van der Waals surface area (Å²) in [4.78, 5) is 3.24. The average Bonchev–Trinajstić information content (AvgIpc) is 2.85. The van der Waals surface area contributed by atoms with Gasteiger partial charge in [0.2, 0.25) is 0 Å². The Morgan fingerprint density at radius 1 is 1.14 bits per heavy atom. The van der Waals surface area contributed by atoms with E-state index in [1.165, 1.54) is 23.5 Å². The first-order chi connectivity index (χ1) is 10.0. The van der Waals surface area contributed by atoms with Crippen LogP contribution in [-0.2, 0) is 6.54 Å². The molecule has 21 heavy (non-hydrogen) atoms. The highest BCUT2D eigenvalue weighted by Gasteiger charge is 2.17. The molecule has 2 nitrogen and oxygen atoms in total. The first-order valence-corrected chi connectivity index (χ1v) is 7.73. The van der Waals surface area contributed by atoms with E-state index in [9.17, 15) is 8.78 Å². The van der Waals surface area contributed by atoms with Gasteiger partial charge >= 0.3 is 0 Å². The van der Waals surface area contributed by atoms with Crippen molar-refractivity contribution in [1.29, 1.82) is 0 Å². The first-order valence-electron chi connectivity index (χ1n) is 6.53. The normalized spacial score (nSPS) is 13.1. The SMILES string of the molecule is CN(Cc1ccc(Cl)s1)C(CN)c1ccc(C(F)F)cc1. The van der Waals surface area contributed by atoms with Gasteiger partial charge in [-0.25, -0.2) is 8.78 Å². The molecule has 1 aromatic carbocycles. The van der Waals surface area contributed by atoms with Crippen molar-refractivity contribution in [2.24, 2.45) is 5.73 Å². The number of thiophene rings is 1. The van der Waals surface area contributed by atoms with Crippen molar-refractivity contribution in [2.45, 2.75) is 19.0 Å². The molecule has 0 aliphatic carbocycles. The van der Waals surface area contributed by atoms with Crippen LogP contribution in [-0.4, -0.2) is 18.5 Å². The van der Waals surface area contributed by atoms with E-state index in [-0.39, 0.29) is 11.6 Å². The molecule has 0 aliphatic rings. The quantitative estimate of drug-likeness (QED) is 0.846. The average molecular weight is 331 g/mol. The molecule has 0 radical (unpaired) electrons. The molecule has 1 unspecified atom stereocenters. The van der Waals surface area contributed by atoms with E-state index >= 15 is 0 Å². The number of alkyl halides is 2. The van der Waals surface area contributed by atoms with Gasteiger partial charge in [0.05, 0.1) is 4.34 Å². The van der Waals surface area contributed by atoms with Crippen molar-refractivity contribution in [3.05, 3.63) is 56.7 Å². The molecular formula is C15H17ClF2N2S. The summed E-state index contributed by atoms with van der Waals surface area (Å²) in [5.74, 6) is 0. The van der Waals surface area contributed by atoms with Crippen molar-refractivity contribution in [3.63, 3.8) is 0 Å². The minimum atomic E-state index is -2.44.